The largest absolute Gasteiger partial charge is 0.435 e. The molecule has 29 heavy (non-hydrogen) atoms. The van der Waals surface area contributed by atoms with Gasteiger partial charge in [0.1, 0.15) is 11.3 Å². The maximum Gasteiger partial charge on any atom is 0.387 e. The summed E-state index contributed by atoms with van der Waals surface area (Å²) >= 11 is 0. The third-order valence-corrected chi connectivity index (χ3v) is 4.92. The topological polar surface area (TPSA) is 67.9 Å². The molecule has 0 spiro atoms. The Labute approximate surface area is 167 Å². The number of nitrogens with zero attached hydrogens (tertiary/aromatic N) is 2. The number of nitrogens with two attached hydrogens (primary N) is 1. The summed E-state index contributed by atoms with van der Waals surface area (Å²) in [7, 11) is 1.80. The van der Waals surface area contributed by atoms with E-state index in [1.807, 2.05) is 6.07 Å². The van der Waals surface area contributed by atoms with Gasteiger partial charge in [0.15, 0.2) is 11.7 Å². The first-order valence-corrected chi connectivity index (χ1v) is 9.17. The van der Waals surface area contributed by atoms with Crippen molar-refractivity contribution < 1.29 is 22.7 Å². The molecule has 5 nitrogen and oxygen atoms in total. The lowest BCUT2D eigenvalue weighted by atomic mass is 9.82. The van der Waals surface area contributed by atoms with Crippen molar-refractivity contribution in [1.82, 2.24) is 4.90 Å². The summed E-state index contributed by atoms with van der Waals surface area (Å²) in [5.74, 6) is 0.216. The minimum absolute atomic E-state index is 0.0392. The van der Waals surface area contributed by atoms with Gasteiger partial charge in [-0.15, -0.1) is 0 Å². The summed E-state index contributed by atoms with van der Waals surface area (Å²) in [5, 5.41) is 0. The molecular weight excluding hydrogens is 383 g/mol. The van der Waals surface area contributed by atoms with Crippen LogP contribution < -0.4 is 10.5 Å². The summed E-state index contributed by atoms with van der Waals surface area (Å²) in [4.78, 5) is 18.8. The van der Waals surface area contributed by atoms with Gasteiger partial charge in [0, 0.05) is 19.0 Å². The second-order valence-electron chi connectivity index (χ2n) is 6.89. The van der Waals surface area contributed by atoms with Crippen molar-refractivity contribution in [2.45, 2.75) is 25.0 Å². The van der Waals surface area contributed by atoms with Gasteiger partial charge in [0.05, 0.1) is 13.2 Å². The highest BCUT2D eigenvalue weighted by atomic mass is 19.3. The van der Waals surface area contributed by atoms with E-state index in [4.69, 9.17) is 5.73 Å². The molecule has 1 aliphatic rings. The molecule has 1 atom stereocenters. The SMILES string of the molecule is CN1CC(c2ccc(OC(F)F)cc2)(c2cccc(C(=O)CCCF)c2)N=C1N. The number of alkyl halides is 3. The first kappa shape index (κ1) is 20.7. The van der Waals surface area contributed by atoms with Crippen molar-refractivity contribution in [2.24, 2.45) is 10.7 Å². The summed E-state index contributed by atoms with van der Waals surface area (Å²) < 4.78 is 41.8. The lowest BCUT2D eigenvalue weighted by Gasteiger charge is -2.28. The molecule has 2 aromatic rings. The van der Waals surface area contributed by atoms with Gasteiger partial charge < -0.3 is 15.4 Å². The molecule has 1 aliphatic heterocycles. The smallest absolute Gasteiger partial charge is 0.387 e. The van der Waals surface area contributed by atoms with Crippen molar-refractivity contribution >= 4 is 11.7 Å². The Balaban J connectivity index is 2.02. The number of carbonyl (C=O) groups excluding carboxylic acids is 1. The van der Waals surface area contributed by atoms with Gasteiger partial charge in [0.25, 0.3) is 0 Å². The number of halogens is 3. The molecule has 1 heterocycles. The molecule has 154 valence electrons. The summed E-state index contributed by atoms with van der Waals surface area (Å²) in [5.41, 5.74) is 7.05. The van der Waals surface area contributed by atoms with Crippen LogP contribution in [-0.2, 0) is 5.54 Å². The molecule has 8 heteroatoms. The molecule has 0 aliphatic carbocycles. The molecule has 1 unspecified atom stereocenters. The van der Waals surface area contributed by atoms with Gasteiger partial charge in [-0.3, -0.25) is 9.18 Å². The highest BCUT2D eigenvalue weighted by Gasteiger charge is 2.41. The average molecular weight is 405 g/mol. The van der Waals surface area contributed by atoms with Crippen molar-refractivity contribution in [3.63, 3.8) is 0 Å². The number of aliphatic imine (C=N–C) groups is 1. The van der Waals surface area contributed by atoms with Gasteiger partial charge in [-0.2, -0.15) is 8.78 Å². The van der Waals surface area contributed by atoms with Crippen LogP contribution in [0.3, 0.4) is 0 Å². The number of guanidine groups is 1. The van der Waals surface area contributed by atoms with E-state index in [0.29, 0.717) is 18.1 Å². The summed E-state index contributed by atoms with van der Waals surface area (Å²) in [6.07, 6.45) is 0.297. The highest BCUT2D eigenvalue weighted by molar-refractivity contribution is 5.96. The van der Waals surface area contributed by atoms with Crippen LogP contribution >= 0.6 is 0 Å². The second-order valence-corrected chi connectivity index (χ2v) is 6.89. The number of carbonyl (C=O) groups is 1. The number of rotatable bonds is 8. The number of hydrogen-bond acceptors (Lipinski definition) is 5. The monoisotopic (exact) mass is 405 g/mol. The number of hydrogen-bond donors (Lipinski definition) is 1. The maximum atomic E-state index is 12.5. The van der Waals surface area contributed by atoms with Crippen LogP contribution in [0.5, 0.6) is 5.75 Å². The first-order chi connectivity index (χ1) is 13.9. The van der Waals surface area contributed by atoms with E-state index in [-0.39, 0.29) is 24.4 Å². The molecule has 0 radical (unpaired) electrons. The fraction of sp³-hybridized carbons (Fsp3) is 0.333. The third kappa shape index (κ3) is 4.36. The van der Waals surface area contributed by atoms with Crippen LogP contribution in [0, 0.1) is 0 Å². The minimum Gasteiger partial charge on any atom is -0.435 e. The van der Waals surface area contributed by atoms with E-state index < -0.39 is 18.8 Å². The van der Waals surface area contributed by atoms with Crippen molar-refractivity contribution in [2.75, 3.05) is 20.3 Å². The van der Waals surface area contributed by atoms with E-state index in [1.165, 1.54) is 12.1 Å². The lowest BCUT2D eigenvalue weighted by Crippen LogP contribution is -2.35. The maximum absolute atomic E-state index is 12.5. The Kier molecular flexibility index (Phi) is 6.10. The zero-order chi connectivity index (χ0) is 21.0. The van der Waals surface area contributed by atoms with Gasteiger partial charge in [-0.25, -0.2) is 4.99 Å². The Bertz CT molecular complexity index is 902. The van der Waals surface area contributed by atoms with Crippen molar-refractivity contribution in [3.05, 3.63) is 65.2 Å². The Morgan fingerprint density at radius 3 is 2.55 bits per heavy atom. The normalized spacial score (nSPS) is 18.8. The number of ether oxygens (including phenoxy) is 1. The molecule has 2 aromatic carbocycles. The Hall–Kier alpha value is -3.03. The first-order valence-electron chi connectivity index (χ1n) is 9.17. The third-order valence-electron chi connectivity index (χ3n) is 4.92. The molecule has 2 N–H and O–H groups in total. The summed E-state index contributed by atoms with van der Waals surface area (Å²) in [6.45, 7) is -3.04. The van der Waals surface area contributed by atoms with Gasteiger partial charge >= 0.3 is 6.61 Å². The second kappa shape index (κ2) is 8.55. The van der Waals surface area contributed by atoms with Gasteiger partial charge in [-0.05, 0) is 35.7 Å². The summed E-state index contributed by atoms with van der Waals surface area (Å²) in [6, 6.07) is 13.2. The van der Waals surface area contributed by atoms with E-state index in [2.05, 4.69) is 9.73 Å². The zero-order valence-electron chi connectivity index (χ0n) is 15.9. The van der Waals surface area contributed by atoms with E-state index in [1.54, 1.807) is 42.3 Å². The quantitative estimate of drug-likeness (QED) is 0.680. The fourth-order valence-electron chi connectivity index (χ4n) is 3.45. The van der Waals surface area contributed by atoms with Crippen molar-refractivity contribution in [3.8, 4) is 5.75 Å². The highest BCUT2D eigenvalue weighted by Crippen LogP contribution is 2.39. The minimum atomic E-state index is -2.91. The zero-order valence-corrected chi connectivity index (χ0v) is 15.9. The number of Topliss-reactive ketones (excluding diaryl/α,β-unsaturated/α-hetero) is 1. The molecule has 0 fully saturated rings. The van der Waals surface area contributed by atoms with Crippen LogP contribution in [0.15, 0.2) is 53.5 Å². The van der Waals surface area contributed by atoms with Crippen LogP contribution in [-0.4, -0.2) is 43.5 Å². The standard InChI is InChI=1S/C21H22F3N3O2/c1-27-13-21(26-20(27)25,15-7-9-17(10-8-15)29-19(23)24)16-5-2-4-14(12-16)18(28)6-3-11-22/h2,4-5,7-10,12,19H,3,6,11,13H2,1H3,(H2,25,26). The van der Waals surface area contributed by atoms with E-state index in [0.717, 1.165) is 11.1 Å². The van der Waals surface area contributed by atoms with Gasteiger partial charge in [-0.1, -0.05) is 30.3 Å². The van der Waals surface area contributed by atoms with Crippen LogP contribution in [0.4, 0.5) is 13.2 Å². The Morgan fingerprint density at radius 2 is 1.97 bits per heavy atom. The van der Waals surface area contributed by atoms with Crippen LogP contribution in [0.2, 0.25) is 0 Å². The molecule has 0 bridgehead atoms. The number of benzene rings is 2. The predicted octanol–water partition coefficient (Wildman–Crippen LogP) is 3.72. The molecular formula is C21H22F3N3O2. The van der Waals surface area contributed by atoms with E-state index >= 15 is 0 Å². The molecule has 0 saturated heterocycles. The van der Waals surface area contributed by atoms with Crippen LogP contribution in [0.25, 0.3) is 0 Å². The van der Waals surface area contributed by atoms with Gasteiger partial charge in [0.2, 0.25) is 0 Å². The number of likely N-dealkylation sites (N-methyl/N-ethyl adjacent to an activating group) is 1. The molecule has 3 rings (SSSR count). The Morgan fingerprint density at radius 1 is 1.24 bits per heavy atom. The van der Waals surface area contributed by atoms with E-state index in [9.17, 15) is 18.0 Å². The molecule has 0 saturated carbocycles. The predicted molar refractivity (Wildman–Crippen MR) is 104 cm³/mol. The van der Waals surface area contributed by atoms with Crippen LogP contribution in [0.1, 0.15) is 34.3 Å². The number of ketones is 1. The lowest BCUT2D eigenvalue weighted by molar-refractivity contribution is -0.0498. The molecule has 0 amide bonds. The average Bonchev–Trinajstić information content (AvgIpc) is 3.02. The van der Waals surface area contributed by atoms with Crippen molar-refractivity contribution in [1.29, 1.82) is 0 Å². The molecule has 0 aromatic heterocycles. The fourth-order valence-corrected chi connectivity index (χ4v) is 3.45.